The Labute approximate surface area is 401 Å². The van der Waals surface area contributed by atoms with Crippen LogP contribution in [-0.2, 0) is 47.7 Å². The third kappa shape index (κ3) is 43.3. The highest BCUT2D eigenvalue weighted by molar-refractivity contribution is 14.1. The zero-order valence-electron chi connectivity index (χ0n) is 46.7. The molecule has 0 aromatic heterocycles. The minimum absolute atomic E-state index is 0. The lowest BCUT2D eigenvalue weighted by Gasteiger charge is -2.22. The molecule has 0 aromatic rings. The molecule has 0 unspecified atom stereocenters. The van der Waals surface area contributed by atoms with Crippen molar-refractivity contribution in [2.24, 2.45) is 9.98 Å². The number of hydrogen-bond acceptors (Lipinski definition) is 13. The van der Waals surface area contributed by atoms with Crippen LogP contribution in [0.1, 0.15) is 124 Å². The van der Waals surface area contributed by atoms with Crippen molar-refractivity contribution in [3.8, 4) is 0 Å². The monoisotopic (exact) mass is 1040 g/mol. The standard InChI is InChI=1S/C14H25N3O5.C12H21N3O5.C9H17N3O3.C2H5I.CH4.ClH.H/c1-7-10(18)15-12(16-13(20)22-14(3,4)5)17(6)9-11(19)21-8-2;1-6-8(16)13-10(15(5)7-9(17)18)14-11(19)20-12(2,3)4;1-4-7(13)11-9(10)12(3)6-8(14)15-5-2;1-2-3;;;/h7-9H2,1-6H3,(H,15,16,18,20);6-7H2,1-5H3,(H,17,18)(H,13,14,16,19);4-6H2,1-3H3,(H2,10,11,13);2H2,1H3;1H4;1H;/q;;;;;;-1/i6D3;5D3;3D3;;;;. The van der Waals surface area contributed by atoms with Crippen LogP contribution in [0.15, 0.2) is 9.98 Å². The second-order valence-corrected chi connectivity index (χ2v) is 14.4. The summed E-state index contributed by atoms with van der Waals surface area (Å²) >= 11 is 2.29. The average Bonchev–Trinajstić information content (AvgIpc) is 3.15. The molecule has 62 heavy (non-hydrogen) atoms. The van der Waals surface area contributed by atoms with Gasteiger partial charge in [0.05, 0.1) is 13.2 Å². The lowest BCUT2D eigenvalue weighted by molar-refractivity contribution is -0.144. The summed E-state index contributed by atoms with van der Waals surface area (Å²) in [6.07, 6.45) is -2.14. The molecule has 5 amide bonds. The van der Waals surface area contributed by atoms with Gasteiger partial charge in [-0.1, -0.05) is 57.7 Å². The third-order valence-electron chi connectivity index (χ3n) is 5.16. The lowest BCUT2D eigenvalue weighted by atomic mass is 10.2. The van der Waals surface area contributed by atoms with E-state index in [-0.39, 0.29) is 53.7 Å². The molecular formula is C38H74ClIN9O13-. The maximum absolute atomic E-state index is 11.9. The number of alkyl halides is 1. The maximum atomic E-state index is 11.9. The molecule has 0 fully saturated rings. The molecule has 0 aromatic carbocycles. The van der Waals surface area contributed by atoms with Crippen LogP contribution in [0, 0.1) is 5.41 Å². The van der Waals surface area contributed by atoms with Crippen LogP contribution >= 0.6 is 35.0 Å². The number of nitrogens with zero attached hydrogens (tertiary/aromatic N) is 5. The van der Waals surface area contributed by atoms with Gasteiger partial charge in [-0.25, -0.2) is 9.59 Å². The Kier molecular flexibility index (Phi) is 30.5. The Bertz CT molecular complexity index is 1780. The summed E-state index contributed by atoms with van der Waals surface area (Å²) in [4.78, 5) is 99.9. The predicted molar refractivity (Wildman–Crippen MR) is 249 cm³/mol. The van der Waals surface area contributed by atoms with Crippen LogP contribution in [-0.4, -0.2) is 155 Å². The summed E-state index contributed by atoms with van der Waals surface area (Å²) in [5.41, 5.74) is -1.76. The second-order valence-electron chi connectivity index (χ2n) is 12.9. The molecular weight excluding hydrogens is 953 g/mol. The van der Waals surface area contributed by atoms with Crippen molar-refractivity contribution in [1.29, 1.82) is 5.41 Å². The lowest BCUT2D eigenvalue weighted by Crippen LogP contribution is -2.45. The SMILES string of the molecule is C.CCI.Cl.[2H]C([2H])([2H])N(CC(=O)O)C(=NC(=O)OC(C)(C)C)NC(=O)CC.[2H]C([2H])([2H])N(CC(=O)OCC)C(=N)NC(=O)CC.[2H]C([2H])([2H])N(CC(=O)OCC)C(=NC(=O)OC(C)(C)C)NC(=O)CC.[H-]. The molecule has 0 atom stereocenters. The van der Waals surface area contributed by atoms with Gasteiger partial charge in [-0.05, 0) is 59.8 Å². The number of guanidine groups is 3. The van der Waals surface area contributed by atoms with Crippen LogP contribution in [0.3, 0.4) is 0 Å². The van der Waals surface area contributed by atoms with Gasteiger partial charge in [-0.3, -0.25) is 50.1 Å². The van der Waals surface area contributed by atoms with E-state index in [2.05, 4.69) is 60.2 Å². The molecule has 0 heterocycles. The van der Waals surface area contributed by atoms with E-state index in [1.807, 2.05) is 0 Å². The number of hydrogen-bond donors (Lipinski definition) is 5. The van der Waals surface area contributed by atoms with E-state index in [0.29, 0.717) is 14.7 Å². The van der Waals surface area contributed by atoms with Crippen molar-refractivity contribution in [1.82, 2.24) is 30.7 Å². The minimum Gasteiger partial charge on any atom is -1.00 e. The van der Waals surface area contributed by atoms with Crippen LogP contribution < -0.4 is 16.0 Å². The van der Waals surface area contributed by atoms with Crippen molar-refractivity contribution in [2.75, 3.05) is 58.2 Å². The Morgan fingerprint density at radius 3 is 1.23 bits per heavy atom. The quantitative estimate of drug-likeness (QED) is 0.0469. The number of aliphatic imine (C=N–C) groups is 2. The van der Waals surface area contributed by atoms with Crippen LogP contribution in [0.5, 0.6) is 0 Å². The normalized spacial score (nSPS) is 13.2. The second kappa shape index (κ2) is 37.9. The van der Waals surface area contributed by atoms with Gasteiger partial charge < -0.3 is 40.2 Å². The largest absolute Gasteiger partial charge is 1.00 e. The summed E-state index contributed by atoms with van der Waals surface area (Å²) < 4.78 is 86.7. The number of carboxylic acids is 1. The highest BCUT2D eigenvalue weighted by Gasteiger charge is 2.21. The fraction of sp³-hybridized carbons (Fsp3) is 0.711. The first kappa shape index (κ1) is 49.8. The summed E-state index contributed by atoms with van der Waals surface area (Å²) in [6, 6.07) is 0. The van der Waals surface area contributed by atoms with Crippen molar-refractivity contribution in [2.45, 2.75) is 121 Å². The number of rotatable bonds is 11. The van der Waals surface area contributed by atoms with Gasteiger partial charge in [-0.2, -0.15) is 0 Å². The van der Waals surface area contributed by atoms with E-state index in [1.54, 1.807) is 62.3 Å². The highest BCUT2D eigenvalue weighted by Crippen LogP contribution is 2.09. The molecule has 24 heteroatoms. The van der Waals surface area contributed by atoms with E-state index in [9.17, 15) is 38.4 Å². The summed E-state index contributed by atoms with van der Waals surface area (Å²) in [5.74, 6) is -6.75. The molecule has 0 saturated carbocycles. The Morgan fingerprint density at radius 2 is 0.952 bits per heavy atom. The van der Waals surface area contributed by atoms with Crippen LogP contribution in [0.4, 0.5) is 9.59 Å². The zero-order chi connectivity index (χ0) is 55.3. The molecule has 22 nitrogen and oxygen atoms in total. The van der Waals surface area contributed by atoms with Crippen LogP contribution in [0.25, 0.3) is 0 Å². The molecule has 0 rings (SSSR count). The number of aliphatic carboxylic acids is 1. The number of likely N-dealkylation sites (N-methyl/N-ethyl adjacent to an activating group) is 3. The zero-order valence-corrected chi connectivity index (χ0v) is 39.7. The fourth-order valence-corrected chi connectivity index (χ4v) is 2.80. The van der Waals surface area contributed by atoms with Crippen LogP contribution in [0.2, 0.25) is 0 Å². The number of halogens is 2. The van der Waals surface area contributed by atoms with Crippen molar-refractivity contribution < 1.29 is 76.2 Å². The Hall–Kier alpha value is -4.81. The first-order valence-corrected chi connectivity index (χ1v) is 19.8. The molecule has 364 valence electrons. The number of amides is 5. The van der Waals surface area contributed by atoms with Gasteiger partial charge in [0.2, 0.25) is 29.6 Å². The van der Waals surface area contributed by atoms with Crippen molar-refractivity contribution in [3.63, 3.8) is 0 Å². The van der Waals surface area contributed by atoms with Crippen molar-refractivity contribution in [3.05, 3.63) is 0 Å². The number of carbonyl (C=O) groups is 8. The van der Waals surface area contributed by atoms with Gasteiger partial charge in [0.15, 0.2) is 5.96 Å². The third-order valence-corrected chi connectivity index (χ3v) is 5.16. The molecule has 0 radical (unpaired) electrons. The van der Waals surface area contributed by atoms with E-state index in [0.717, 1.165) is 0 Å². The molecule has 0 saturated heterocycles. The van der Waals surface area contributed by atoms with Gasteiger partial charge in [0.25, 0.3) is 0 Å². The van der Waals surface area contributed by atoms with Gasteiger partial charge in [0.1, 0.15) is 30.8 Å². The average molecular weight is 1040 g/mol. The number of carboxylic acid groups (broad SMARTS) is 1. The first-order chi connectivity index (χ1) is 31.2. The number of nitrogens with one attached hydrogen (secondary N) is 4. The molecule has 5 N–H and O–H groups in total. The summed E-state index contributed by atoms with van der Waals surface area (Å²) in [6.45, 7) is 8.72. The van der Waals surface area contributed by atoms with E-state index >= 15 is 0 Å². The van der Waals surface area contributed by atoms with Gasteiger partial charge in [-0.15, -0.1) is 22.4 Å². The fourth-order valence-electron chi connectivity index (χ4n) is 2.80. The summed E-state index contributed by atoms with van der Waals surface area (Å²) in [7, 11) is 0. The highest BCUT2D eigenvalue weighted by atomic mass is 127. The summed E-state index contributed by atoms with van der Waals surface area (Å²) in [5, 5.41) is 22.7. The Morgan fingerprint density at radius 1 is 0.645 bits per heavy atom. The molecule has 0 aliphatic carbocycles. The van der Waals surface area contributed by atoms with E-state index in [4.69, 9.17) is 37.1 Å². The van der Waals surface area contributed by atoms with Gasteiger partial charge in [0, 0.05) is 52.5 Å². The van der Waals surface area contributed by atoms with Crippen molar-refractivity contribution >= 4 is 101 Å². The molecule has 0 spiro atoms. The minimum atomic E-state index is -2.93. The molecule has 0 aliphatic rings. The van der Waals surface area contributed by atoms with Gasteiger partial charge >= 0.3 is 30.1 Å². The smallest absolute Gasteiger partial charge is 0.437 e. The topological polar surface area (TPSA) is 288 Å². The molecule has 0 bridgehead atoms. The Balaban J connectivity index is -0.000000169. The maximum Gasteiger partial charge on any atom is 0.437 e. The van der Waals surface area contributed by atoms with E-state index < -0.39 is 117 Å². The number of carbonyl (C=O) groups excluding carboxylic acids is 7. The predicted octanol–water partition coefficient (Wildman–Crippen LogP) is 4.67. The van der Waals surface area contributed by atoms with E-state index in [1.165, 1.54) is 18.3 Å². The first-order valence-electron chi connectivity index (χ1n) is 22.7. The molecule has 0 aliphatic heterocycles. The number of ether oxygens (including phenoxy) is 4. The number of esters is 2.